The summed E-state index contributed by atoms with van der Waals surface area (Å²) in [6.07, 6.45) is -0.316. The fraction of sp³-hybridized carbons (Fsp3) is 0.407. The summed E-state index contributed by atoms with van der Waals surface area (Å²) in [6.45, 7) is 11.1. The highest BCUT2D eigenvalue weighted by Crippen LogP contribution is 2.40. The van der Waals surface area contributed by atoms with Crippen LogP contribution in [0, 0.1) is 16.7 Å². The number of nitriles is 1. The van der Waals surface area contributed by atoms with E-state index in [4.69, 9.17) is 9.26 Å². The van der Waals surface area contributed by atoms with E-state index >= 15 is 0 Å². The molecule has 0 fully saturated rings. The Kier molecular flexibility index (Phi) is 6.53. The van der Waals surface area contributed by atoms with E-state index in [1.165, 1.54) is 4.90 Å². The lowest BCUT2D eigenvalue weighted by molar-refractivity contribution is 0.135. The molecule has 0 aliphatic carbocycles. The Balaban J connectivity index is 1.66. The van der Waals surface area contributed by atoms with E-state index in [9.17, 15) is 15.2 Å². The van der Waals surface area contributed by atoms with Gasteiger partial charge in [-0.15, -0.1) is 0 Å². The van der Waals surface area contributed by atoms with Gasteiger partial charge in [0.2, 0.25) is 5.82 Å². The van der Waals surface area contributed by atoms with Crippen molar-refractivity contribution in [3.8, 4) is 34.7 Å². The molecule has 1 aromatic heterocycles. The first kappa shape index (κ1) is 24.3. The number of amides is 1. The molecule has 4 rings (SSSR count). The van der Waals surface area contributed by atoms with Crippen molar-refractivity contribution in [2.75, 3.05) is 13.1 Å². The predicted octanol–water partition coefficient (Wildman–Crippen LogP) is 5.73. The molecule has 1 atom stereocenters. The molecule has 0 saturated carbocycles. The van der Waals surface area contributed by atoms with Crippen LogP contribution in [0.4, 0.5) is 4.79 Å². The minimum Gasteiger partial charge on any atom is -0.490 e. The van der Waals surface area contributed by atoms with Gasteiger partial charge < -0.3 is 19.3 Å². The third-order valence-electron chi connectivity index (χ3n) is 6.28. The average Bonchev–Trinajstić information content (AvgIpc) is 3.19. The first-order valence-corrected chi connectivity index (χ1v) is 11.7. The summed E-state index contributed by atoms with van der Waals surface area (Å²) in [4.78, 5) is 17.8. The van der Waals surface area contributed by atoms with Crippen LogP contribution in [-0.2, 0) is 6.42 Å². The summed E-state index contributed by atoms with van der Waals surface area (Å²) >= 11 is 0. The second-order valence-corrected chi connectivity index (χ2v) is 10.2. The molecule has 0 saturated heterocycles. The maximum absolute atomic E-state index is 11.7. The Hall–Kier alpha value is -3.86. The number of rotatable bonds is 4. The Labute approximate surface area is 205 Å². The summed E-state index contributed by atoms with van der Waals surface area (Å²) < 4.78 is 11.2. The summed E-state index contributed by atoms with van der Waals surface area (Å²) in [7, 11) is 0. The topological polar surface area (TPSA) is 112 Å². The highest BCUT2D eigenvalue weighted by molar-refractivity contribution is 5.66. The van der Waals surface area contributed by atoms with Crippen molar-refractivity contribution in [2.45, 2.75) is 53.1 Å². The summed E-state index contributed by atoms with van der Waals surface area (Å²) in [5, 5.41) is 23.3. The monoisotopic (exact) mass is 474 g/mol. The molecule has 1 aliphatic heterocycles. The second-order valence-electron chi connectivity index (χ2n) is 10.2. The smallest absolute Gasteiger partial charge is 0.407 e. The van der Waals surface area contributed by atoms with Crippen molar-refractivity contribution < 1.29 is 19.2 Å². The van der Waals surface area contributed by atoms with Crippen molar-refractivity contribution in [3.05, 3.63) is 53.1 Å². The van der Waals surface area contributed by atoms with E-state index < -0.39 is 6.09 Å². The highest BCUT2D eigenvalue weighted by atomic mass is 16.5. The number of carbonyl (C=O) groups is 1. The molecule has 182 valence electrons. The van der Waals surface area contributed by atoms with Gasteiger partial charge in [0, 0.05) is 30.1 Å². The van der Waals surface area contributed by atoms with Gasteiger partial charge in [0.05, 0.1) is 11.7 Å². The van der Waals surface area contributed by atoms with E-state index in [0.717, 1.165) is 16.7 Å². The van der Waals surface area contributed by atoms with Gasteiger partial charge in [0.1, 0.15) is 11.8 Å². The third kappa shape index (κ3) is 5.14. The fourth-order valence-electron chi connectivity index (χ4n) is 4.45. The van der Waals surface area contributed by atoms with Gasteiger partial charge >= 0.3 is 6.09 Å². The van der Waals surface area contributed by atoms with Crippen LogP contribution in [0.5, 0.6) is 5.75 Å². The first-order valence-electron chi connectivity index (χ1n) is 11.7. The number of benzene rings is 2. The van der Waals surface area contributed by atoms with Gasteiger partial charge in [0.25, 0.3) is 5.89 Å². The third-order valence-corrected chi connectivity index (χ3v) is 6.28. The minimum atomic E-state index is -0.892. The number of hydrogen-bond donors (Lipinski definition) is 1. The fourth-order valence-corrected chi connectivity index (χ4v) is 4.45. The van der Waals surface area contributed by atoms with Crippen LogP contribution in [-0.4, -0.2) is 45.4 Å². The molecule has 2 heterocycles. The molecule has 1 N–H and O–H groups in total. The normalized spacial score (nSPS) is 15.9. The van der Waals surface area contributed by atoms with Crippen LogP contribution in [0.1, 0.15) is 57.2 Å². The summed E-state index contributed by atoms with van der Waals surface area (Å²) in [5.74, 6) is 1.34. The van der Waals surface area contributed by atoms with Crippen molar-refractivity contribution in [3.63, 3.8) is 0 Å². The van der Waals surface area contributed by atoms with Gasteiger partial charge in [-0.25, -0.2) is 4.79 Å². The molecule has 1 amide bonds. The lowest BCUT2D eigenvalue weighted by Gasteiger charge is -2.33. The van der Waals surface area contributed by atoms with Crippen LogP contribution in [0.15, 0.2) is 40.9 Å². The molecule has 3 aromatic rings. The molecule has 1 aliphatic rings. The lowest BCUT2D eigenvalue weighted by atomic mass is 9.75. The maximum Gasteiger partial charge on any atom is 0.407 e. The number of aromatic nitrogens is 2. The maximum atomic E-state index is 11.7. The SMILES string of the molecule is CC(C)Oc1ccc(-c2nc(-c3ccc4c(c3)CCN(C(=O)O)CC4C(C)(C)C)no2)cc1C#N. The van der Waals surface area contributed by atoms with E-state index in [0.29, 0.717) is 48.1 Å². The predicted molar refractivity (Wildman–Crippen MR) is 131 cm³/mol. The van der Waals surface area contributed by atoms with Gasteiger partial charge in [0.15, 0.2) is 0 Å². The Morgan fingerprint density at radius 2 is 1.97 bits per heavy atom. The molecule has 0 spiro atoms. The molecule has 2 aromatic carbocycles. The summed E-state index contributed by atoms with van der Waals surface area (Å²) in [6, 6.07) is 13.4. The van der Waals surface area contributed by atoms with Crippen LogP contribution >= 0.6 is 0 Å². The van der Waals surface area contributed by atoms with E-state index in [1.54, 1.807) is 18.2 Å². The number of carboxylic acid groups (broad SMARTS) is 1. The molecule has 1 unspecified atom stereocenters. The second kappa shape index (κ2) is 9.41. The van der Waals surface area contributed by atoms with Crippen LogP contribution in [0.3, 0.4) is 0 Å². The van der Waals surface area contributed by atoms with E-state index in [1.807, 2.05) is 26.0 Å². The number of hydrogen-bond acceptors (Lipinski definition) is 6. The molecule has 35 heavy (non-hydrogen) atoms. The summed E-state index contributed by atoms with van der Waals surface area (Å²) in [5.41, 5.74) is 3.99. The zero-order valence-corrected chi connectivity index (χ0v) is 20.7. The highest BCUT2D eigenvalue weighted by Gasteiger charge is 2.33. The van der Waals surface area contributed by atoms with Crippen molar-refractivity contribution in [1.29, 1.82) is 5.26 Å². The number of fused-ring (bicyclic) bond motifs is 1. The van der Waals surface area contributed by atoms with Crippen LogP contribution in [0.25, 0.3) is 22.8 Å². The molecular formula is C27H30N4O4. The van der Waals surface area contributed by atoms with Gasteiger partial charge in [-0.05, 0) is 61.1 Å². The molecule has 8 heteroatoms. The quantitative estimate of drug-likeness (QED) is 0.514. The largest absolute Gasteiger partial charge is 0.490 e. The van der Waals surface area contributed by atoms with E-state index in [-0.39, 0.29) is 17.4 Å². The lowest BCUT2D eigenvalue weighted by Crippen LogP contribution is -2.36. The van der Waals surface area contributed by atoms with Crippen LogP contribution < -0.4 is 4.74 Å². The van der Waals surface area contributed by atoms with Crippen LogP contribution in [0.2, 0.25) is 0 Å². The van der Waals surface area contributed by atoms with Crippen molar-refractivity contribution >= 4 is 6.09 Å². The number of ether oxygens (including phenoxy) is 1. The zero-order chi connectivity index (χ0) is 25.3. The molecular weight excluding hydrogens is 444 g/mol. The molecule has 8 nitrogen and oxygen atoms in total. The van der Waals surface area contributed by atoms with Gasteiger partial charge in [-0.1, -0.05) is 38.1 Å². The van der Waals surface area contributed by atoms with E-state index in [2.05, 4.69) is 43.0 Å². The Morgan fingerprint density at radius 1 is 1.23 bits per heavy atom. The van der Waals surface area contributed by atoms with Crippen molar-refractivity contribution in [2.24, 2.45) is 5.41 Å². The molecule has 0 bridgehead atoms. The standard InChI is InChI=1S/C27H30N4O4/c1-16(2)34-23-9-7-19(13-20(23)14-28)25-29-24(30-35-25)18-6-8-21-17(12-18)10-11-31(26(32)33)15-22(21)27(3,4)5/h6-9,12-13,16,22H,10-11,15H2,1-5H3,(H,32,33). The first-order chi connectivity index (χ1) is 16.6. The Morgan fingerprint density at radius 3 is 2.63 bits per heavy atom. The van der Waals surface area contributed by atoms with Gasteiger partial charge in [-0.2, -0.15) is 10.2 Å². The minimum absolute atomic E-state index is 0.0448. The average molecular weight is 475 g/mol. The van der Waals surface area contributed by atoms with Gasteiger partial charge in [-0.3, -0.25) is 0 Å². The molecule has 0 radical (unpaired) electrons. The van der Waals surface area contributed by atoms with Crippen molar-refractivity contribution in [1.82, 2.24) is 15.0 Å². The zero-order valence-electron chi connectivity index (χ0n) is 20.7. The number of nitrogens with zero attached hydrogens (tertiary/aromatic N) is 4. The Bertz CT molecular complexity index is 1280.